The van der Waals surface area contributed by atoms with Gasteiger partial charge >= 0.3 is 0 Å². The number of aliphatic imine (C=N–C) groups is 1. The Balaban J connectivity index is 0.000000157. The Morgan fingerprint density at radius 3 is 2.31 bits per heavy atom. The number of pyridine rings is 2. The van der Waals surface area contributed by atoms with Crippen molar-refractivity contribution in [3.63, 3.8) is 0 Å². The van der Waals surface area contributed by atoms with Crippen molar-refractivity contribution in [2.75, 3.05) is 25.1 Å². The maximum Gasteiger partial charge on any atom is 0.194 e. The summed E-state index contributed by atoms with van der Waals surface area (Å²) in [6.07, 6.45) is 4.30. The van der Waals surface area contributed by atoms with E-state index in [1.807, 2.05) is 12.1 Å². The molecule has 11 heteroatoms. The molecule has 0 saturated heterocycles. The molecular formula is C24H33N9O2. The fraction of sp³-hybridized carbons (Fsp3) is 0.417. The zero-order valence-corrected chi connectivity index (χ0v) is 20.4. The summed E-state index contributed by atoms with van der Waals surface area (Å²) >= 11 is 0. The van der Waals surface area contributed by atoms with E-state index in [1.54, 1.807) is 31.4 Å². The molecular weight excluding hydrogens is 446 g/mol. The van der Waals surface area contributed by atoms with Crippen LogP contribution < -0.4 is 17.2 Å². The summed E-state index contributed by atoms with van der Waals surface area (Å²) in [5.74, 6) is 3.44. The van der Waals surface area contributed by atoms with Crippen LogP contribution in [0.3, 0.4) is 0 Å². The minimum absolute atomic E-state index is 0.0313. The Kier molecular flexibility index (Phi) is 8.85. The highest BCUT2D eigenvalue weighted by atomic mass is 16.5. The minimum atomic E-state index is -0.197. The predicted octanol–water partition coefficient (Wildman–Crippen LogP) is 2.45. The van der Waals surface area contributed by atoms with Crippen molar-refractivity contribution < 1.29 is 9.53 Å². The second-order valence-electron chi connectivity index (χ2n) is 8.33. The molecule has 0 spiro atoms. The SMILES string of the molecule is COC1=N[C@H](C)CC1.C[C@@H]1CCc2nnc(-c3cccc(N)n3)n21.NCC(=O)c1cccc(N)n1. The molecule has 0 unspecified atom stereocenters. The van der Waals surface area contributed by atoms with Crippen LogP contribution in [0.5, 0.6) is 0 Å². The van der Waals surface area contributed by atoms with E-state index in [1.165, 1.54) is 0 Å². The zero-order valence-electron chi connectivity index (χ0n) is 20.4. The number of carbonyl (C=O) groups is 1. The first kappa shape index (κ1) is 25.8. The summed E-state index contributed by atoms with van der Waals surface area (Å²) < 4.78 is 7.09. The van der Waals surface area contributed by atoms with E-state index in [0.717, 1.165) is 48.9 Å². The summed E-state index contributed by atoms with van der Waals surface area (Å²) in [4.78, 5) is 23.2. The Hall–Kier alpha value is -3.86. The first-order valence-corrected chi connectivity index (χ1v) is 11.6. The quantitative estimate of drug-likeness (QED) is 0.477. The van der Waals surface area contributed by atoms with E-state index < -0.39 is 0 Å². The van der Waals surface area contributed by atoms with Gasteiger partial charge in [0.2, 0.25) is 0 Å². The van der Waals surface area contributed by atoms with Gasteiger partial charge in [-0.15, -0.1) is 10.2 Å². The second kappa shape index (κ2) is 12.0. The van der Waals surface area contributed by atoms with Gasteiger partial charge in [0.1, 0.15) is 28.8 Å². The van der Waals surface area contributed by atoms with Crippen LogP contribution in [0.2, 0.25) is 0 Å². The molecule has 3 aromatic rings. The number of nitrogens with two attached hydrogens (primary N) is 3. The van der Waals surface area contributed by atoms with Crippen LogP contribution >= 0.6 is 0 Å². The number of ketones is 1. The van der Waals surface area contributed by atoms with Gasteiger partial charge in [-0.25, -0.2) is 9.97 Å². The Bertz CT molecular complexity index is 1180. The molecule has 35 heavy (non-hydrogen) atoms. The fourth-order valence-electron chi connectivity index (χ4n) is 3.75. The van der Waals surface area contributed by atoms with Gasteiger partial charge in [-0.1, -0.05) is 12.1 Å². The first-order chi connectivity index (χ1) is 16.8. The molecule has 2 aliphatic rings. The third kappa shape index (κ3) is 6.82. The van der Waals surface area contributed by atoms with Crippen molar-refractivity contribution in [3.05, 3.63) is 47.9 Å². The van der Waals surface area contributed by atoms with Gasteiger partial charge in [0.15, 0.2) is 17.5 Å². The topological polar surface area (TPSA) is 173 Å². The molecule has 2 atom stereocenters. The highest BCUT2D eigenvalue weighted by Crippen LogP contribution is 2.29. The van der Waals surface area contributed by atoms with Gasteiger partial charge in [-0.05, 0) is 51.0 Å². The molecule has 2 aliphatic heterocycles. The van der Waals surface area contributed by atoms with Crippen LogP contribution in [0.15, 0.2) is 41.4 Å². The number of rotatable bonds is 3. The van der Waals surface area contributed by atoms with Crippen molar-refractivity contribution in [3.8, 4) is 11.5 Å². The van der Waals surface area contributed by atoms with Crippen LogP contribution in [-0.4, -0.2) is 56.1 Å². The number of ether oxygens (including phenoxy) is 1. The monoisotopic (exact) mass is 479 g/mol. The molecule has 0 radical (unpaired) electrons. The number of fused-ring (bicyclic) bond motifs is 1. The predicted molar refractivity (Wildman–Crippen MR) is 136 cm³/mol. The molecule has 11 nitrogen and oxygen atoms in total. The van der Waals surface area contributed by atoms with Gasteiger partial charge in [0.05, 0.1) is 19.7 Å². The van der Waals surface area contributed by atoms with E-state index in [9.17, 15) is 4.79 Å². The molecule has 0 fully saturated rings. The molecule has 0 amide bonds. The molecule has 5 heterocycles. The van der Waals surface area contributed by atoms with Crippen molar-refractivity contribution in [1.82, 2.24) is 24.7 Å². The van der Waals surface area contributed by atoms with E-state index in [-0.39, 0.29) is 12.3 Å². The number of aromatic nitrogens is 5. The van der Waals surface area contributed by atoms with E-state index in [2.05, 4.69) is 43.6 Å². The lowest BCUT2D eigenvalue weighted by Gasteiger charge is -2.08. The van der Waals surface area contributed by atoms with Gasteiger partial charge in [-0.2, -0.15) is 0 Å². The van der Waals surface area contributed by atoms with Crippen molar-refractivity contribution in [2.24, 2.45) is 10.7 Å². The third-order valence-corrected chi connectivity index (χ3v) is 5.61. The van der Waals surface area contributed by atoms with Crippen LogP contribution in [0.25, 0.3) is 11.5 Å². The molecule has 0 aliphatic carbocycles. The zero-order chi connectivity index (χ0) is 25.4. The normalized spacial score (nSPS) is 17.9. The number of carbonyl (C=O) groups excluding carboxylic acids is 1. The largest absolute Gasteiger partial charge is 0.484 e. The van der Waals surface area contributed by atoms with Crippen molar-refractivity contribution in [2.45, 2.75) is 51.6 Å². The number of hydrogen-bond acceptors (Lipinski definition) is 10. The maximum atomic E-state index is 10.9. The third-order valence-electron chi connectivity index (χ3n) is 5.61. The second-order valence-corrected chi connectivity index (χ2v) is 8.33. The Labute approximate surface area is 204 Å². The summed E-state index contributed by atoms with van der Waals surface area (Å²) in [7, 11) is 1.68. The highest BCUT2D eigenvalue weighted by Gasteiger charge is 2.24. The smallest absolute Gasteiger partial charge is 0.194 e. The average Bonchev–Trinajstić information content (AvgIpc) is 3.57. The van der Waals surface area contributed by atoms with E-state index >= 15 is 0 Å². The molecule has 3 aromatic heterocycles. The Morgan fingerprint density at radius 2 is 1.74 bits per heavy atom. The lowest BCUT2D eigenvalue weighted by molar-refractivity contribution is 0.0997. The number of aryl methyl sites for hydroxylation is 1. The molecule has 0 aromatic carbocycles. The summed E-state index contributed by atoms with van der Waals surface area (Å²) in [5, 5.41) is 8.38. The fourth-order valence-corrected chi connectivity index (χ4v) is 3.75. The summed E-state index contributed by atoms with van der Waals surface area (Å²) in [5.41, 5.74) is 17.3. The molecule has 0 bridgehead atoms. The number of nitrogen functional groups attached to an aromatic ring is 2. The number of Topliss-reactive ketones (excluding diaryl/α,β-unsaturated/α-hetero) is 1. The van der Waals surface area contributed by atoms with Gasteiger partial charge in [-0.3, -0.25) is 9.79 Å². The van der Waals surface area contributed by atoms with Gasteiger partial charge < -0.3 is 26.5 Å². The molecule has 0 saturated carbocycles. The van der Waals surface area contributed by atoms with Crippen LogP contribution in [0.1, 0.15) is 55.5 Å². The van der Waals surface area contributed by atoms with Crippen LogP contribution in [0.4, 0.5) is 11.6 Å². The number of methoxy groups -OCH3 is 1. The number of nitrogens with zero attached hydrogens (tertiary/aromatic N) is 6. The van der Waals surface area contributed by atoms with E-state index in [0.29, 0.717) is 29.4 Å². The lowest BCUT2D eigenvalue weighted by Crippen LogP contribution is -2.15. The number of anilines is 2. The van der Waals surface area contributed by atoms with Gasteiger partial charge in [0.25, 0.3) is 0 Å². The van der Waals surface area contributed by atoms with Crippen LogP contribution in [0, 0.1) is 0 Å². The summed E-state index contributed by atoms with van der Waals surface area (Å²) in [6.45, 7) is 4.25. The van der Waals surface area contributed by atoms with Crippen LogP contribution in [-0.2, 0) is 11.2 Å². The lowest BCUT2D eigenvalue weighted by atomic mass is 10.2. The first-order valence-electron chi connectivity index (χ1n) is 11.6. The van der Waals surface area contributed by atoms with Gasteiger partial charge in [0, 0.05) is 18.9 Å². The molecule has 186 valence electrons. The molecule has 6 N–H and O–H groups in total. The Morgan fingerprint density at radius 1 is 1.03 bits per heavy atom. The summed E-state index contributed by atoms with van der Waals surface area (Å²) in [6, 6.07) is 11.4. The molecule has 5 rings (SSSR count). The minimum Gasteiger partial charge on any atom is -0.484 e. The standard InChI is InChI=1S/C11H13N5.C7H9N3O.C6H11NO/c1-7-5-6-10-14-15-11(16(7)10)8-3-2-4-9(12)13-8;8-4-6(11)5-2-1-3-7(9)10-5;1-5-3-4-6(7-5)8-2/h2-4,7H,5-6H2,1H3,(H2,12,13);1-3H,4,8H2,(H2,9,10);5H,3-4H2,1-2H3/t7-;;5-/m1.1/s1. The number of hydrogen-bond donors (Lipinski definition) is 3. The highest BCUT2D eigenvalue weighted by molar-refractivity contribution is 5.95. The maximum absolute atomic E-state index is 10.9. The average molecular weight is 480 g/mol. The van der Waals surface area contributed by atoms with Crippen molar-refractivity contribution in [1.29, 1.82) is 0 Å². The van der Waals surface area contributed by atoms with E-state index in [4.69, 9.17) is 21.9 Å². The van der Waals surface area contributed by atoms with Crippen molar-refractivity contribution >= 4 is 23.3 Å².